The quantitative estimate of drug-likeness (QED) is 0.153. The minimum atomic E-state index is -0.149. The Labute approximate surface area is 391 Å². The van der Waals surface area contributed by atoms with Crippen molar-refractivity contribution >= 4 is 11.9 Å². The lowest BCUT2D eigenvalue weighted by Crippen LogP contribution is -2.48. The van der Waals surface area contributed by atoms with Gasteiger partial charge in [0.2, 0.25) is 0 Å². The van der Waals surface area contributed by atoms with Crippen LogP contribution in [-0.4, -0.2) is 24.1 Å². The lowest BCUT2D eigenvalue weighted by atomic mass is 9.47. The maximum absolute atomic E-state index is 12.5. The maximum Gasteiger partial charge on any atom is 0.302 e. The van der Waals surface area contributed by atoms with Gasteiger partial charge in [-0.1, -0.05) is 153 Å². The Morgan fingerprint density at radius 2 is 0.922 bits per heavy atom. The Hall–Kier alpha value is -2.62. The van der Waals surface area contributed by atoms with Gasteiger partial charge in [0.1, 0.15) is 12.2 Å². The molecule has 0 saturated heterocycles. The molecule has 8 aliphatic rings. The van der Waals surface area contributed by atoms with Gasteiger partial charge < -0.3 is 9.47 Å². The fraction of sp³-hybridized carbons (Fsp3) is 0.767. The van der Waals surface area contributed by atoms with E-state index in [1.807, 2.05) is 11.1 Å². The van der Waals surface area contributed by atoms with Gasteiger partial charge in [-0.15, -0.1) is 0 Å². The topological polar surface area (TPSA) is 52.6 Å². The molecule has 4 nitrogen and oxygen atoms in total. The van der Waals surface area contributed by atoms with E-state index < -0.39 is 0 Å². The second-order valence-corrected chi connectivity index (χ2v) is 25.1. The molecule has 0 aromatic carbocycles. The predicted octanol–water partition coefficient (Wildman–Crippen LogP) is 15.6. The highest BCUT2D eigenvalue weighted by Gasteiger charge is 2.61. The molecule has 8 aliphatic carbocycles. The first-order chi connectivity index (χ1) is 30.1. The number of fused-ring (bicyclic) bond motifs is 8. The van der Waals surface area contributed by atoms with Gasteiger partial charge in [-0.3, -0.25) is 9.59 Å². The van der Waals surface area contributed by atoms with Crippen molar-refractivity contribution in [3.8, 4) is 0 Å². The fourth-order valence-electron chi connectivity index (χ4n) is 16.4. The maximum atomic E-state index is 12.5. The van der Waals surface area contributed by atoms with Crippen LogP contribution < -0.4 is 0 Å². The van der Waals surface area contributed by atoms with Crippen LogP contribution in [0, 0.1) is 92.7 Å². The Kier molecular flexibility index (Phi) is 13.3. The van der Waals surface area contributed by atoms with Crippen molar-refractivity contribution in [3.63, 3.8) is 0 Å². The summed E-state index contributed by atoms with van der Waals surface area (Å²) in [7, 11) is 0. The molecule has 0 amide bonds. The summed E-state index contributed by atoms with van der Waals surface area (Å²) in [6.07, 6.45) is 31.6. The molecule has 0 heterocycles. The second kappa shape index (κ2) is 17.8. The molecule has 4 fully saturated rings. The number of ether oxygens (including phenoxy) is 2. The summed E-state index contributed by atoms with van der Waals surface area (Å²) in [5.74, 6) is 6.39. The third kappa shape index (κ3) is 8.17. The van der Waals surface area contributed by atoms with Crippen LogP contribution in [0.2, 0.25) is 0 Å². The number of rotatable bonds is 11. The molecule has 0 radical (unpaired) electrons. The monoisotopic (exact) mass is 875 g/mol. The van der Waals surface area contributed by atoms with E-state index in [-0.39, 0.29) is 45.8 Å². The van der Waals surface area contributed by atoms with Crippen molar-refractivity contribution in [1.82, 2.24) is 0 Å². The van der Waals surface area contributed by atoms with E-state index in [4.69, 9.17) is 9.47 Å². The number of esters is 2. The molecule has 354 valence electrons. The van der Waals surface area contributed by atoms with Crippen LogP contribution in [0.4, 0.5) is 0 Å². The normalized spacial score (nSPS) is 41.4. The smallest absolute Gasteiger partial charge is 0.302 e. The Bertz CT molecular complexity index is 1860. The molecular weight excluding hydrogens is 785 g/mol. The average molecular weight is 875 g/mol. The Morgan fingerprint density at radius 1 is 0.547 bits per heavy atom. The van der Waals surface area contributed by atoms with Crippen LogP contribution in [-0.2, 0) is 19.1 Å². The third-order valence-electron chi connectivity index (χ3n) is 21.0. The molecule has 0 spiro atoms. The standard InChI is InChI=1S/C60H90O4/c1-35(2)37(5)15-17-39(7)49-19-21-51-55-47(33-43-31-45(63-41(9)61)23-27-57(43,11)53(55)25-29-59(49,51)13)48-34-44-32-46(64-42(10)62)24-28-58(44,12)54-26-30-60(14)50(20-22-52(60)56(48)54)40(8)18-16-38(6)36(3)4/h15-18,33-40,45-52H,19-32H2,1-14H3/b17-15-,18-16-/t37-,38+,39-,40-,45-,46-,47-,48+,49-,50-,51-,52+,57-,58+,59+,60+/m1/s1. The van der Waals surface area contributed by atoms with Crippen molar-refractivity contribution in [2.24, 2.45) is 92.7 Å². The van der Waals surface area contributed by atoms with Crippen molar-refractivity contribution in [1.29, 1.82) is 0 Å². The third-order valence-corrected chi connectivity index (χ3v) is 21.0. The van der Waals surface area contributed by atoms with Crippen molar-refractivity contribution in [3.05, 3.63) is 69.9 Å². The average Bonchev–Trinajstić information content (AvgIpc) is 3.78. The van der Waals surface area contributed by atoms with Crippen molar-refractivity contribution in [2.75, 3.05) is 0 Å². The number of carbonyl (C=O) groups excluding carboxylic acids is 2. The SMILES string of the molecule is CC(=O)O[C@@H]1CC[C@@]2(C)C(=C[C@@H]([C@H]3C=C4C[C@H](OC(C)=O)CC[C@@]4(C)C4=C3[C@H]3CC[C@H]([C@H](C)/C=C\[C@@H](C)C(C)C)[C@]3(C)CC4)C3=C2CC[C@@]2(C)[C@@H]([C@H](C)/C=C\[C@H](C)C(C)C)CC[C@@H]32)C1. The zero-order valence-electron chi connectivity index (χ0n) is 43.1. The van der Waals surface area contributed by atoms with Crippen LogP contribution in [0.5, 0.6) is 0 Å². The van der Waals surface area contributed by atoms with Gasteiger partial charge >= 0.3 is 11.9 Å². The summed E-state index contributed by atoms with van der Waals surface area (Å²) in [6, 6.07) is 0. The molecule has 0 unspecified atom stereocenters. The second-order valence-electron chi connectivity index (χ2n) is 25.1. The first kappa shape index (κ1) is 47.9. The molecule has 4 heteroatoms. The lowest BCUT2D eigenvalue weighted by Gasteiger charge is -2.58. The molecule has 0 aliphatic heterocycles. The van der Waals surface area contributed by atoms with Crippen LogP contribution in [0.15, 0.2) is 69.9 Å². The molecule has 0 bridgehead atoms. The molecule has 64 heavy (non-hydrogen) atoms. The fourth-order valence-corrected chi connectivity index (χ4v) is 16.4. The summed E-state index contributed by atoms with van der Waals surface area (Å²) in [6.45, 7) is 33.0. The van der Waals surface area contributed by atoms with Crippen LogP contribution in [0.3, 0.4) is 0 Å². The molecule has 8 rings (SSSR count). The zero-order chi connectivity index (χ0) is 46.3. The van der Waals surface area contributed by atoms with Gasteiger partial charge in [-0.05, 0) is 147 Å². The minimum Gasteiger partial charge on any atom is -0.462 e. The molecular formula is C60H90O4. The van der Waals surface area contributed by atoms with E-state index in [2.05, 4.69) is 120 Å². The van der Waals surface area contributed by atoms with E-state index in [0.717, 1.165) is 38.5 Å². The number of allylic oxidation sites excluding steroid dienone is 10. The van der Waals surface area contributed by atoms with E-state index >= 15 is 0 Å². The Balaban J connectivity index is 1.26. The van der Waals surface area contributed by atoms with Crippen molar-refractivity contribution in [2.45, 2.75) is 199 Å². The van der Waals surface area contributed by atoms with Gasteiger partial charge in [0.15, 0.2) is 0 Å². The molecule has 0 N–H and O–H groups in total. The van der Waals surface area contributed by atoms with Gasteiger partial charge in [0, 0.05) is 49.4 Å². The molecule has 4 saturated carbocycles. The minimum absolute atomic E-state index is 0.0212. The number of hydrogen-bond donors (Lipinski definition) is 0. The summed E-state index contributed by atoms with van der Waals surface area (Å²) in [5, 5.41) is 0. The predicted molar refractivity (Wildman–Crippen MR) is 264 cm³/mol. The Morgan fingerprint density at radius 3 is 1.27 bits per heavy atom. The summed E-state index contributed by atoms with van der Waals surface area (Å²) >= 11 is 0. The van der Waals surface area contributed by atoms with E-state index in [1.165, 1.54) is 51.4 Å². The molecule has 0 aromatic heterocycles. The molecule has 0 aromatic rings. The van der Waals surface area contributed by atoms with Gasteiger partial charge in [-0.25, -0.2) is 0 Å². The summed E-state index contributed by atoms with van der Waals surface area (Å²) in [4.78, 5) is 25.0. The van der Waals surface area contributed by atoms with E-state index in [9.17, 15) is 9.59 Å². The largest absolute Gasteiger partial charge is 0.462 e. The van der Waals surface area contributed by atoms with Gasteiger partial charge in [0.25, 0.3) is 0 Å². The van der Waals surface area contributed by atoms with E-state index in [1.54, 1.807) is 36.1 Å². The first-order valence-electron chi connectivity index (χ1n) is 26.7. The number of hydrogen-bond acceptors (Lipinski definition) is 4. The highest BCUT2D eigenvalue weighted by Crippen LogP contribution is 2.71. The van der Waals surface area contributed by atoms with Crippen LogP contribution in [0.1, 0.15) is 187 Å². The summed E-state index contributed by atoms with van der Waals surface area (Å²) in [5.41, 5.74) is 10.8. The lowest BCUT2D eigenvalue weighted by molar-refractivity contribution is -0.148. The first-order valence-corrected chi connectivity index (χ1v) is 26.7. The highest BCUT2D eigenvalue weighted by molar-refractivity contribution is 5.66. The van der Waals surface area contributed by atoms with Crippen molar-refractivity contribution < 1.29 is 19.1 Å². The number of carbonyl (C=O) groups is 2. The van der Waals surface area contributed by atoms with E-state index in [0.29, 0.717) is 71.0 Å². The highest BCUT2D eigenvalue weighted by atomic mass is 16.5. The van der Waals surface area contributed by atoms with Gasteiger partial charge in [0.05, 0.1) is 0 Å². The molecule has 16 atom stereocenters. The zero-order valence-corrected chi connectivity index (χ0v) is 43.1. The van der Waals surface area contributed by atoms with Crippen LogP contribution >= 0.6 is 0 Å². The van der Waals surface area contributed by atoms with Crippen LogP contribution in [0.25, 0.3) is 0 Å². The summed E-state index contributed by atoms with van der Waals surface area (Å²) < 4.78 is 12.2. The van der Waals surface area contributed by atoms with Gasteiger partial charge in [-0.2, -0.15) is 0 Å².